The van der Waals surface area contributed by atoms with Crippen LogP contribution in [0.25, 0.3) is 0 Å². The van der Waals surface area contributed by atoms with Crippen LogP contribution in [-0.2, 0) is 4.74 Å². The third kappa shape index (κ3) is 2.60. The molecular weight excluding hydrogens is 325 g/mol. The predicted molar refractivity (Wildman–Crippen MR) is 80.4 cm³/mol. The maximum Gasteiger partial charge on any atom is 0.0665 e. The largest absolute Gasteiger partial charge is 0.381 e. The molecule has 0 amide bonds. The molecule has 1 fully saturated rings. The van der Waals surface area contributed by atoms with Crippen LogP contribution in [0.15, 0.2) is 24.3 Å². The van der Waals surface area contributed by atoms with E-state index < -0.39 is 0 Å². The molecule has 1 aliphatic rings. The normalized spacial score (nSPS) is 26.4. The van der Waals surface area contributed by atoms with Crippen molar-refractivity contribution in [1.29, 1.82) is 0 Å². The average molecular weight is 345 g/mol. The van der Waals surface area contributed by atoms with E-state index in [2.05, 4.69) is 72.9 Å². The molecule has 0 saturated heterocycles. The fourth-order valence-electron chi connectivity index (χ4n) is 2.38. The molecule has 0 spiro atoms. The summed E-state index contributed by atoms with van der Waals surface area (Å²) in [7, 11) is 0. The van der Waals surface area contributed by atoms with Crippen LogP contribution >= 0.6 is 22.6 Å². The smallest absolute Gasteiger partial charge is 0.0665 e. The lowest BCUT2D eigenvalue weighted by Gasteiger charge is -2.52. The fraction of sp³-hybridized carbons (Fsp3) is 0.571. The highest BCUT2D eigenvalue weighted by atomic mass is 127. The first-order chi connectivity index (χ1) is 8.05. The standard InChI is InChI=1S/C14H20INO/c1-4-17-13-9-12(14(13,2)3)16-11-8-6-5-7-10(11)15/h5-8,12-13,16H,4,9H2,1-3H3. The molecule has 2 atom stereocenters. The number of ether oxygens (including phenoxy) is 1. The second-order valence-corrected chi connectivity index (χ2v) is 6.34. The molecule has 1 aromatic carbocycles. The minimum absolute atomic E-state index is 0.217. The van der Waals surface area contributed by atoms with E-state index in [9.17, 15) is 0 Å². The maximum atomic E-state index is 5.75. The predicted octanol–water partition coefficient (Wildman–Crippen LogP) is 3.91. The van der Waals surface area contributed by atoms with Gasteiger partial charge in [0.2, 0.25) is 0 Å². The summed E-state index contributed by atoms with van der Waals surface area (Å²) in [6.45, 7) is 7.44. The molecule has 0 radical (unpaired) electrons. The first kappa shape index (κ1) is 13.1. The van der Waals surface area contributed by atoms with Gasteiger partial charge < -0.3 is 10.1 Å². The summed E-state index contributed by atoms with van der Waals surface area (Å²) in [6, 6.07) is 8.94. The first-order valence-corrected chi connectivity index (χ1v) is 7.26. The third-order valence-electron chi connectivity index (χ3n) is 3.75. The lowest BCUT2D eigenvalue weighted by Crippen LogP contribution is -2.58. The monoisotopic (exact) mass is 345 g/mol. The second kappa shape index (κ2) is 5.14. The first-order valence-electron chi connectivity index (χ1n) is 6.18. The fourth-order valence-corrected chi connectivity index (χ4v) is 2.92. The highest BCUT2D eigenvalue weighted by Crippen LogP contribution is 2.44. The van der Waals surface area contributed by atoms with E-state index in [1.807, 2.05) is 0 Å². The van der Waals surface area contributed by atoms with Crippen LogP contribution in [0, 0.1) is 8.99 Å². The molecule has 1 aromatic rings. The summed E-state index contributed by atoms with van der Waals surface area (Å²) in [5, 5.41) is 3.64. The third-order valence-corrected chi connectivity index (χ3v) is 4.69. The number of rotatable bonds is 4. The van der Waals surface area contributed by atoms with Gasteiger partial charge in [-0.25, -0.2) is 0 Å². The van der Waals surface area contributed by atoms with Gasteiger partial charge in [-0.2, -0.15) is 0 Å². The van der Waals surface area contributed by atoms with Gasteiger partial charge in [-0.05, 0) is 48.1 Å². The average Bonchev–Trinajstić information content (AvgIpc) is 2.30. The molecule has 0 heterocycles. The molecule has 1 aliphatic carbocycles. The number of para-hydroxylation sites is 1. The number of halogens is 1. The van der Waals surface area contributed by atoms with Gasteiger partial charge in [0.05, 0.1) is 6.10 Å². The van der Waals surface area contributed by atoms with E-state index in [0.29, 0.717) is 12.1 Å². The summed E-state index contributed by atoms with van der Waals surface area (Å²) >= 11 is 2.37. The van der Waals surface area contributed by atoms with Crippen LogP contribution in [0.4, 0.5) is 5.69 Å². The van der Waals surface area contributed by atoms with Crippen LogP contribution in [0.1, 0.15) is 27.2 Å². The van der Waals surface area contributed by atoms with Gasteiger partial charge >= 0.3 is 0 Å². The highest BCUT2D eigenvalue weighted by molar-refractivity contribution is 14.1. The Bertz CT molecular complexity index is 392. The summed E-state index contributed by atoms with van der Waals surface area (Å²) in [5.41, 5.74) is 1.45. The Labute approximate surface area is 117 Å². The maximum absolute atomic E-state index is 5.75. The van der Waals surface area contributed by atoms with E-state index in [1.165, 1.54) is 9.26 Å². The van der Waals surface area contributed by atoms with Gasteiger partial charge in [-0.1, -0.05) is 26.0 Å². The molecule has 2 rings (SSSR count). The molecule has 94 valence electrons. The van der Waals surface area contributed by atoms with Crippen molar-refractivity contribution in [3.63, 3.8) is 0 Å². The number of benzene rings is 1. The SMILES string of the molecule is CCOC1CC(Nc2ccccc2I)C1(C)C. The van der Waals surface area contributed by atoms with Gasteiger partial charge in [0.1, 0.15) is 0 Å². The van der Waals surface area contributed by atoms with Gasteiger partial charge in [0, 0.05) is 27.3 Å². The lowest BCUT2D eigenvalue weighted by molar-refractivity contribution is -0.0976. The van der Waals surface area contributed by atoms with Gasteiger partial charge in [-0.15, -0.1) is 0 Å². The van der Waals surface area contributed by atoms with Crippen molar-refractivity contribution in [1.82, 2.24) is 0 Å². The Morgan fingerprint density at radius 3 is 2.71 bits per heavy atom. The van der Waals surface area contributed by atoms with E-state index in [4.69, 9.17) is 4.74 Å². The zero-order valence-corrected chi connectivity index (χ0v) is 12.8. The van der Waals surface area contributed by atoms with Gasteiger partial charge in [0.15, 0.2) is 0 Å². The molecule has 2 nitrogen and oxygen atoms in total. The topological polar surface area (TPSA) is 21.3 Å². The van der Waals surface area contributed by atoms with Crippen molar-refractivity contribution < 1.29 is 4.74 Å². The van der Waals surface area contributed by atoms with E-state index in [-0.39, 0.29) is 5.41 Å². The van der Waals surface area contributed by atoms with Crippen molar-refractivity contribution in [3.8, 4) is 0 Å². The van der Waals surface area contributed by atoms with E-state index >= 15 is 0 Å². The Balaban J connectivity index is 2.01. The van der Waals surface area contributed by atoms with Gasteiger partial charge in [0.25, 0.3) is 0 Å². The van der Waals surface area contributed by atoms with Crippen molar-refractivity contribution in [3.05, 3.63) is 27.8 Å². The molecule has 2 unspecified atom stereocenters. The van der Waals surface area contributed by atoms with Crippen LogP contribution in [0.2, 0.25) is 0 Å². The number of anilines is 1. The molecule has 17 heavy (non-hydrogen) atoms. The van der Waals surface area contributed by atoms with Crippen LogP contribution in [0.5, 0.6) is 0 Å². The number of hydrogen-bond acceptors (Lipinski definition) is 2. The zero-order chi connectivity index (χ0) is 12.5. The molecule has 0 bridgehead atoms. The summed E-state index contributed by atoms with van der Waals surface area (Å²) in [5.74, 6) is 0. The number of nitrogens with one attached hydrogen (secondary N) is 1. The minimum Gasteiger partial charge on any atom is -0.381 e. The van der Waals surface area contributed by atoms with Crippen molar-refractivity contribution in [2.75, 3.05) is 11.9 Å². The molecule has 3 heteroatoms. The Hall–Kier alpha value is -0.290. The summed E-state index contributed by atoms with van der Waals surface area (Å²) in [6.07, 6.45) is 1.50. The molecule has 0 aliphatic heterocycles. The molecular formula is C14H20INO. The molecule has 0 aromatic heterocycles. The molecule has 1 N–H and O–H groups in total. The second-order valence-electron chi connectivity index (χ2n) is 5.18. The van der Waals surface area contributed by atoms with Crippen LogP contribution < -0.4 is 5.32 Å². The van der Waals surface area contributed by atoms with Crippen molar-refractivity contribution in [2.24, 2.45) is 5.41 Å². The number of hydrogen-bond donors (Lipinski definition) is 1. The van der Waals surface area contributed by atoms with Crippen LogP contribution in [-0.4, -0.2) is 18.8 Å². The Kier molecular flexibility index (Phi) is 3.98. The summed E-state index contributed by atoms with van der Waals surface area (Å²) < 4.78 is 7.03. The Morgan fingerprint density at radius 1 is 1.41 bits per heavy atom. The lowest BCUT2D eigenvalue weighted by atomic mass is 9.64. The quantitative estimate of drug-likeness (QED) is 0.836. The minimum atomic E-state index is 0.217. The van der Waals surface area contributed by atoms with Crippen molar-refractivity contribution in [2.45, 2.75) is 39.3 Å². The zero-order valence-electron chi connectivity index (χ0n) is 10.7. The van der Waals surface area contributed by atoms with Crippen molar-refractivity contribution >= 4 is 28.3 Å². The van der Waals surface area contributed by atoms with Crippen LogP contribution in [0.3, 0.4) is 0 Å². The van der Waals surface area contributed by atoms with E-state index in [1.54, 1.807) is 0 Å². The van der Waals surface area contributed by atoms with Gasteiger partial charge in [-0.3, -0.25) is 0 Å². The Morgan fingerprint density at radius 2 is 2.12 bits per heavy atom. The summed E-state index contributed by atoms with van der Waals surface area (Å²) in [4.78, 5) is 0. The highest BCUT2D eigenvalue weighted by Gasteiger charge is 2.48. The van der Waals surface area contributed by atoms with E-state index in [0.717, 1.165) is 13.0 Å². The molecule has 1 saturated carbocycles.